The summed E-state index contributed by atoms with van der Waals surface area (Å²) in [5.41, 5.74) is -3.24. The SMILES string of the molecule is C[C@](O)(CS(=O)(=O)c1ccc(CCCCOCCC(=O)N2CCN(C(=O)c3cc(Cc4n[nH]c(=O)c5ccccc45)ccc3F)CC2)cc1)C(=O)Nc1ccc(C#N)c(C(F)(F)F)c1. The largest absolute Gasteiger partial charge is 0.417 e. The number of fused-ring (bicyclic) bond motifs is 1. The highest BCUT2D eigenvalue weighted by Crippen LogP contribution is 2.34. The standard InChI is InChI=1S/C45H44F4N6O8S/c1-44(60,43(59)51-32-13-12-31(27-50)37(26-32)45(47,48)49)28-64(61,62)33-14-9-29(10-15-33)6-4-5-22-63-23-17-40(56)54-18-20-55(21-19-54)42(58)36-24-30(11-16-38(36)46)25-39-34-7-2-3-8-35(34)41(57)53-52-39/h2-3,7-16,24,26,60H,4-6,17-23,25,28H2,1H3,(H,51,59)(H,53,57)/t44-/m0/s1. The second-order valence-corrected chi connectivity index (χ2v) is 17.5. The number of ether oxygens (including phenoxy) is 1. The summed E-state index contributed by atoms with van der Waals surface area (Å²) < 4.78 is 86.8. The molecular weight excluding hydrogens is 861 g/mol. The molecular formula is C45H44F4N6O8S. The Hall–Kier alpha value is -6.49. The fraction of sp³-hybridized carbons (Fsp3) is 0.333. The molecule has 1 fully saturated rings. The summed E-state index contributed by atoms with van der Waals surface area (Å²) in [5, 5.41) is 29.6. The van der Waals surface area contributed by atoms with E-state index in [0.717, 1.165) is 24.6 Å². The monoisotopic (exact) mass is 904 g/mol. The van der Waals surface area contributed by atoms with Gasteiger partial charge < -0.3 is 25.0 Å². The Morgan fingerprint density at radius 2 is 1.58 bits per heavy atom. The van der Waals surface area contributed by atoms with Crippen molar-refractivity contribution in [3.8, 4) is 6.07 Å². The molecule has 0 spiro atoms. The van der Waals surface area contributed by atoms with E-state index in [1.165, 1.54) is 35.2 Å². The molecule has 1 atom stereocenters. The van der Waals surface area contributed by atoms with E-state index in [1.54, 1.807) is 47.4 Å². The zero-order valence-corrected chi connectivity index (χ0v) is 35.4. The number of carbonyl (C=O) groups is 3. The summed E-state index contributed by atoms with van der Waals surface area (Å²) in [7, 11) is -4.23. The molecule has 64 heavy (non-hydrogen) atoms. The van der Waals surface area contributed by atoms with E-state index in [-0.39, 0.29) is 73.2 Å². The zero-order chi connectivity index (χ0) is 46.2. The quantitative estimate of drug-likeness (QED) is 0.0848. The third-order valence-electron chi connectivity index (χ3n) is 10.7. The molecule has 19 heteroatoms. The maximum absolute atomic E-state index is 14.9. The number of unbranched alkanes of at least 4 members (excludes halogenated alkanes) is 1. The number of aromatic amines is 1. The van der Waals surface area contributed by atoms with Gasteiger partial charge in [0.25, 0.3) is 17.4 Å². The van der Waals surface area contributed by atoms with Crippen LogP contribution in [0.1, 0.15) is 64.5 Å². The number of nitriles is 1. The number of aliphatic hydroxyl groups is 1. The molecule has 4 aromatic carbocycles. The minimum Gasteiger partial charge on any atom is -0.381 e. The number of piperazine rings is 1. The number of amides is 3. The minimum absolute atomic E-state index is 0.0873. The van der Waals surface area contributed by atoms with Crippen molar-refractivity contribution >= 4 is 44.0 Å². The highest BCUT2D eigenvalue weighted by atomic mass is 32.2. The average Bonchev–Trinajstić information content (AvgIpc) is 3.27. The number of aryl methyl sites for hydroxylation is 1. The summed E-state index contributed by atoms with van der Waals surface area (Å²) in [5.74, 6) is -3.59. The zero-order valence-electron chi connectivity index (χ0n) is 34.6. The maximum Gasteiger partial charge on any atom is 0.417 e. The summed E-state index contributed by atoms with van der Waals surface area (Å²) in [4.78, 5) is 54.2. The first-order valence-corrected chi connectivity index (χ1v) is 21.9. The van der Waals surface area contributed by atoms with Crippen LogP contribution in [0, 0.1) is 17.1 Å². The average molecular weight is 905 g/mol. The Morgan fingerprint density at radius 3 is 2.27 bits per heavy atom. The van der Waals surface area contributed by atoms with Gasteiger partial charge >= 0.3 is 6.18 Å². The smallest absolute Gasteiger partial charge is 0.381 e. The topological polar surface area (TPSA) is 203 Å². The van der Waals surface area contributed by atoms with Gasteiger partial charge in [-0.3, -0.25) is 19.2 Å². The van der Waals surface area contributed by atoms with Gasteiger partial charge in [0.2, 0.25) is 5.91 Å². The van der Waals surface area contributed by atoms with Crippen LogP contribution in [0.15, 0.2) is 94.6 Å². The van der Waals surface area contributed by atoms with Crippen molar-refractivity contribution < 1.29 is 50.2 Å². The van der Waals surface area contributed by atoms with Crippen LogP contribution in [0.4, 0.5) is 23.2 Å². The molecule has 0 bridgehead atoms. The van der Waals surface area contributed by atoms with Crippen molar-refractivity contribution in [3.05, 3.63) is 135 Å². The van der Waals surface area contributed by atoms with Crippen molar-refractivity contribution in [1.82, 2.24) is 20.0 Å². The number of rotatable bonds is 16. The van der Waals surface area contributed by atoms with Gasteiger partial charge in [-0.15, -0.1) is 0 Å². The molecule has 1 aromatic heterocycles. The predicted molar refractivity (Wildman–Crippen MR) is 226 cm³/mol. The number of sulfone groups is 1. The van der Waals surface area contributed by atoms with Crippen LogP contribution >= 0.6 is 0 Å². The molecule has 1 saturated heterocycles. The van der Waals surface area contributed by atoms with Crippen LogP contribution in [0.2, 0.25) is 0 Å². The fourth-order valence-corrected chi connectivity index (χ4v) is 8.82. The molecule has 0 aliphatic carbocycles. The van der Waals surface area contributed by atoms with Crippen molar-refractivity contribution in [2.75, 3.05) is 50.5 Å². The molecule has 1 aliphatic heterocycles. The number of alkyl halides is 3. The van der Waals surface area contributed by atoms with E-state index in [0.29, 0.717) is 54.0 Å². The molecule has 3 amide bonds. The lowest BCUT2D eigenvalue weighted by atomic mass is 10.0. The normalized spacial score (nSPS) is 14.2. The fourth-order valence-electron chi connectivity index (χ4n) is 7.23. The molecule has 3 N–H and O–H groups in total. The van der Waals surface area contributed by atoms with E-state index in [9.17, 15) is 50.3 Å². The molecule has 0 unspecified atom stereocenters. The number of carbonyl (C=O) groups excluding carboxylic acids is 3. The van der Waals surface area contributed by atoms with E-state index in [1.807, 2.05) is 0 Å². The van der Waals surface area contributed by atoms with Crippen LogP contribution in [-0.4, -0.2) is 102 Å². The first kappa shape index (κ1) is 47.0. The van der Waals surface area contributed by atoms with E-state index in [2.05, 4.69) is 15.5 Å². The number of anilines is 1. The summed E-state index contributed by atoms with van der Waals surface area (Å²) in [6.45, 7) is 2.50. The number of halogens is 4. The number of nitrogens with zero attached hydrogens (tertiary/aromatic N) is 4. The van der Waals surface area contributed by atoms with E-state index in [4.69, 9.17) is 10.00 Å². The Balaban J connectivity index is 0.886. The van der Waals surface area contributed by atoms with Gasteiger partial charge in [-0.1, -0.05) is 36.4 Å². The lowest BCUT2D eigenvalue weighted by molar-refractivity contribution is -0.138. The van der Waals surface area contributed by atoms with E-state index < -0.39 is 56.1 Å². The highest BCUT2D eigenvalue weighted by molar-refractivity contribution is 7.91. The summed E-state index contributed by atoms with van der Waals surface area (Å²) in [6, 6.07) is 21.0. The Labute approximate surface area is 365 Å². The van der Waals surface area contributed by atoms with Crippen LogP contribution in [0.25, 0.3) is 10.8 Å². The Bertz CT molecular complexity index is 2750. The van der Waals surface area contributed by atoms with E-state index >= 15 is 0 Å². The van der Waals surface area contributed by atoms with Gasteiger partial charge in [0.15, 0.2) is 15.4 Å². The number of hydrogen-bond donors (Lipinski definition) is 3. The van der Waals surface area contributed by atoms with Gasteiger partial charge in [0.05, 0.1) is 57.5 Å². The van der Waals surface area contributed by atoms with Crippen molar-refractivity contribution in [2.24, 2.45) is 0 Å². The Kier molecular flexibility index (Phi) is 14.6. The third kappa shape index (κ3) is 11.5. The van der Waals surface area contributed by atoms with Crippen molar-refractivity contribution in [3.63, 3.8) is 0 Å². The van der Waals surface area contributed by atoms with Gasteiger partial charge in [-0.05, 0) is 85.8 Å². The predicted octanol–water partition coefficient (Wildman–Crippen LogP) is 5.42. The Morgan fingerprint density at radius 1 is 0.906 bits per heavy atom. The van der Waals surface area contributed by atoms with Gasteiger partial charge in [0, 0.05) is 50.3 Å². The number of hydrogen-bond acceptors (Lipinski definition) is 10. The van der Waals surface area contributed by atoms with Crippen LogP contribution in [-0.2, 0) is 43.2 Å². The second-order valence-electron chi connectivity index (χ2n) is 15.5. The lowest BCUT2D eigenvalue weighted by Gasteiger charge is -2.35. The summed E-state index contributed by atoms with van der Waals surface area (Å²) in [6.07, 6.45) is -2.58. The first-order valence-electron chi connectivity index (χ1n) is 20.2. The maximum atomic E-state index is 14.9. The number of nitrogens with one attached hydrogen (secondary N) is 2. The first-order chi connectivity index (χ1) is 30.4. The molecule has 1 aliphatic rings. The third-order valence-corrected chi connectivity index (χ3v) is 12.7. The molecule has 6 rings (SSSR count). The number of aromatic nitrogens is 2. The highest BCUT2D eigenvalue weighted by Gasteiger charge is 2.38. The van der Waals surface area contributed by atoms with Crippen molar-refractivity contribution in [2.45, 2.75) is 55.7 Å². The molecule has 14 nitrogen and oxygen atoms in total. The van der Waals surface area contributed by atoms with Gasteiger partial charge in [-0.2, -0.15) is 23.5 Å². The molecule has 0 radical (unpaired) electrons. The van der Waals surface area contributed by atoms with Crippen LogP contribution < -0.4 is 10.9 Å². The van der Waals surface area contributed by atoms with Gasteiger partial charge in [-0.25, -0.2) is 17.9 Å². The van der Waals surface area contributed by atoms with Crippen molar-refractivity contribution in [1.29, 1.82) is 5.26 Å². The minimum atomic E-state index is -4.89. The van der Waals surface area contributed by atoms with Crippen LogP contribution in [0.3, 0.4) is 0 Å². The number of H-pyrrole nitrogens is 1. The molecule has 0 saturated carbocycles. The van der Waals surface area contributed by atoms with Crippen LogP contribution in [0.5, 0.6) is 0 Å². The lowest BCUT2D eigenvalue weighted by Crippen LogP contribution is -2.50. The molecule has 336 valence electrons. The number of benzene rings is 4. The second kappa shape index (κ2) is 19.9. The molecule has 2 heterocycles. The molecule has 5 aromatic rings. The van der Waals surface area contributed by atoms with Gasteiger partial charge in [0.1, 0.15) is 5.82 Å². The summed E-state index contributed by atoms with van der Waals surface area (Å²) >= 11 is 0.